The first-order valence-corrected chi connectivity index (χ1v) is 5.89. The molecule has 2 rings (SSSR count). The largest absolute Gasteiger partial charge is 0.472 e. The van der Waals surface area contributed by atoms with Crippen LogP contribution in [0.1, 0.15) is 29.7 Å². The summed E-state index contributed by atoms with van der Waals surface area (Å²) in [7, 11) is 0. The smallest absolute Gasteiger partial charge is 0.0935 e. The van der Waals surface area contributed by atoms with Gasteiger partial charge in [-0.3, -0.25) is 11.3 Å². The van der Waals surface area contributed by atoms with E-state index in [1.54, 1.807) is 12.5 Å². The third-order valence-electron chi connectivity index (χ3n) is 3.01. The number of nitrogens with one attached hydrogen (secondary N) is 1. The second-order valence-electron chi connectivity index (χ2n) is 4.15. The second-order valence-corrected chi connectivity index (χ2v) is 4.15. The first-order valence-electron chi connectivity index (χ1n) is 5.89. The van der Waals surface area contributed by atoms with Crippen LogP contribution in [0.25, 0.3) is 0 Å². The van der Waals surface area contributed by atoms with Gasteiger partial charge in [-0.2, -0.15) is 0 Å². The molecule has 3 N–H and O–H groups in total. The van der Waals surface area contributed by atoms with Crippen LogP contribution >= 0.6 is 0 Å². The quantitative estimate of drug-likeness (QED) is 0.613. The Labute approximate surface area is 102 Å². The first kappa shape index (κ1) is 11.9. The summed E-state index contributed by atoms with van der Waals surface area (Å²) < 4.78 is 5.06. The summed E-state index contributed by atoms with van der Waals surface area (Å²) in [5.74, 6) is 5.61. The lowest BCUT2D eigenvalue weighted by molar-refractivity contribution is 0.536. The van der Waals surface area contributed by atoms with Gasteiger partial charge in [0.25, 0.3) is 0 Å². The molecule has 0 spiro atoms. The average molecular weight is 230 g/mol. The zero-order chi connectivity index (χ0) is 12.1. The van der Waals surface area contributed by atoms with E-state index in [4.69, 9.17) is 10.3 Å². The Morgan fingerprint density at radius 3 is 2.47 bits per heavy atom. The number of rotatable bonds is 5. The predicted molar refractivity (Wildman–Crippen MR) is 68.3 cm³/mol. The molecular formula is C14H18N2O. The highest BCUT2D eigenvalue weighted by Gasteiger charge is 2.10. The Morgan fingerprint density at radius 2 is 1.94 bits per heavy atom. The molecule has 0 aliphatic carbocycles. The third kappa shape index (κ3) is 2.96. The minimum Gasteiger partial charge on any atom is -0.472 e. The Balaban J connectivity index is 2.11. The fourth-order valence-electron chi connectivity index (χ4n) is 1.90. The van der Waals surface area contributed by atoms with Gasteiger partial charge in [0.15, 0.2) is 0 Å². The standard InChI is InChI=1S/C14H18N2O/c1-2-11-3-5-13(6-4-11)14(16-15)9-12-7-8-17-10-12/h3-8,10,14,16H,2,9,15H2,1H3. The second kappa shape index (κ2) is 5.66. The Bertz CT molecular complexity index is 434. The maximum absolute atomic E-state index is 5.61. The predicted octanol–water partition coefficient (Wildman–Crippen LogP) is 2.59. The highest BCUT2D eigenvalue weighted by molar-refractivity contribution is 5.26. The van der Waals surface area contributed by atoms with Crippen LogP contribution in [0.3, 0.4) is 0 Å². The average Bonchev–Trinajstić information content (AvgIpc) is 2.89. The topological polar surface area (TPSA) is 51.2 Å². The van der Waals surface area contributed by atoms with Crippen molar-refractivity contribution in [2.75, 3.05) is 0 Å². The minimum atomic E-state index is 0.124. The van der Waals surface area contributed by atoms with E-state index in [-0.39, 0.29) is 6.04 Å². The van der Waals surface area contributed by atoms with Crippen LogP contribution in [0.4, 0.5) is 0 Å². The Hall–Kier alpha value is -1.58. The molecule has 1 aromatic carbocycles. The molecule has 1 atom stereocenters. The van der Waals surface area contributed by atoms with Crippen LogP contribution in [-0.4, -0.2) is 0 Å². The van der Waals surface area contributed by atoms with E-state index in [0.717, 1.165) is 18.4 Å². The van der Waals surface area contributed by atoms with E-state index in [1.165, 1.54) is 11.1 Å². The molecule has 0 saturated heterocycles. The van der Waals surface area contributed by atoms with Crippen molar-refractivity contribution in [1.29, 1.82) is 0 Å². The van der Waals surface area contributed by atoms with Crippen molar-refractivity contribution in [2.45, 2.75) is 25.8 Å². The fourth-order valence-corrected chi connectivity index (χ4v) is 1.90. The van der Waals surface area contributed by atoms with E-state index >= 15 is 0 Å². The molecule has 0 aliphatic heterocycles. The maximum Gasteiger partial charge on any atom is 0.0935 e. The van der Waals surface area contributed by atoms with Crippen LogP contribution in [0, 0.1) is 0 Å². The first-order chi connectivity index (χ1) is 8.33. The van der Waals surface area contributed by atoms with Crippen LogP contribution in [0.5, 0.6) is 0 Å². The molecule has 1 heterocycles. The summed E-state index contributed by atoms with van der Waals surface area (Å²) in [6, 6.07) is 10.6. The van der Waals surface area contributed by atoms with E-state index < -0.39 is 0 Å². The number of furan rings is 1. The van der Waals surface area contributed by atoms with E-state index in [2.05, 4.69) is 36.6 Å². The third-order valence-corrected chi connectivity index (χ3v) is 3.01. The van der Waals surface area contributed by atoms with Crippen molar-refractivity contribution in [3.05, 3.63) is 59.5 Å². The lowest BCUT2D eigenvalue weighted by Gasteiger charge is -2.15. The molecule has 90 valence electrons. The number of hydrogen-bond acceptors (Lipinski definition) is 3. The summed E-state index contributed by atoms with van der Waals surface area (Å²) in [5.41, 5.74) is 6.54. The summed E-state index contributed by atoms with van der Waals surface area (Å²) in [4.78, 5) is 0. The molecule has 0 aliphatic rings. The van der Waals surface area contributed by atoms with Crippen molar-refractivity contribution in [3.8, 4) is 0 Å². The van der Waals surface area contributed by atoms with Gasteiger partial charge in [-0.15, -0.1) is 0 Å². The molecule has 1 aromatic heterocycles. The van der Waals surface area contributed by atoms with Crippen molar-refractivity contribution in [3.63, 3.8) is 0 Å². The number of hydrogen-bond donors (Lipinski definition) is 2. The van der Waals surface area contributed by atoms with E-state index in [0.29, 0.717) is 0 Å². The zero-order valence-corrected chi connectivity index (χ0v) is 10.0. The number of aryl methyl sites for hydroxylation is 1. The summed E-state index contributed by atoms with van der Waals surface area (Å²) in [5, 5.41) is 0. The van der Waals surface area contributed by atoms with Gasteiger partial charge in [-0.25, -0.2) is 0 Å². The van der Waals surface area contributed by atoms with Gasteiger partial charge < -0.3 is 4.42 Å². The van der Waals surface area contributed by atoms with Gasteiger partial charge >= 0.3 is 0 Å². The maximum atomic E-state index is 5.61. The van der Waals surface area contributed by atoms with Crippen molar-refractivity contribution < 1.29 is 4.42 Å². The van der Waals surface area contributed by atoms with E-state index in [1.807, 2.05) is 6.07 Å². The molecule has 0 radical (unpaired) electrons. The lowest BCUT2D eigenvalue weighted by Crippen LogP contribution is -2.29. The molecule has 0 amide bonds. The van der Waals surface area contributed by atoms with Crippen molar-refractivity contribution in [1.82, 2.24) is 5.43 Å². The number of benzene rings is 1. The zero-order valence-electron chi connectivity index (χ0n) is 10.0. The fraction of sp³-hybridized carbons (Fsp3) is 0.286. The van der Waals surface area contributed by atoms with Gasteiger partial charge in [0.1, 0.15) is 0 Å². The Morgan fingerprint density at radius 1 is 1.18 bits per heavy atom. The van der Waals surface area contributed by atoms with Crippen LogP contribution in [-0.2, 0) is 12.8 Å². The number of nitrogens with two attached hydrogens (primary N) is 1. The van der Waals surface area contributed by atoms with Crippen molar-refractivity contribution in [2.24, 2.45) is 5.84 Å². The van der Waals surface area contributed by atoms with Crippen molar-refractivity contribution >= 4 is 0 Å². The summed E-state index contributed by atoms with van der Waals surface area (Å²) in [6.07, 6.45) is 5.33. The van der Waals surface area contributed by atoms with Gasteiger partial charge in [-0.05, 0) is 35.6 Å². The molecule has 0 bridgehead atoms. The van der Waals surface area contributed by atoms with Gasteiger partial charge in [-0.1, -0.05) is 31.2 Å². The molecular weight excluding hydrogens is 212 g/mol. The molecule has 0 fully saturated rings. The highest BCUT2D eigenvalue weighted by Crippen LogP contribution is 2.18. The van der Waals surface area contributed by atoms with E-state index in [9.17, 15) is 0 Å². The molecule has 17 heavy (non-hydrogen) atoms. The number of hydrazine groups is 1. The van der Waals surface area contributed by atoms with Gasteiger partial charge in [0, 0.05) is 0 Å². The van der Waals surface area contributed by atoms with Gasteiger partial charge in [0.05, 0.1) is 18.6 Å². The van der Waals surface area contributed by atoms with Crippen LogP contribution in [0.15, 0.2) is 47.3 Å². The van der Waals surface area contributed by atoms with Crippen LogP contribution in [0.2, 0.25) is 0 Å². The van der Waals surface area contributed by atoms with Gasteiger partial charge in [0.2, 0.25) is 0 Å². The monoisotopic (exact) mass is 230 g/mol. The molecule has 3 heteroatoms. The highest BCUT2D eigenvalue weighted by atomic mass is 16.3. The summed E-state index contributed by atoms with van der Waals surface area (Å²) >= 11 is 0. The lowest BCUT2D eigenvalue weighted by atomic mass is 9.99. The van der Waals surface area contributed by atoms with Crippen LogP contribution < -0.4 is 11.3 Å². The SMILES string of the molecule is CCc1ccc(C(Cc2ccoc2)NN)cc1. The minimum absolute atomic E-state index is 0.124. The Kier molecular flexibility index (Phi) is 3.96. The molecule has 2 aromatic rings. The summed E-state index contributed by atoms with van der Waals surface area (Å²) in [6.45, 7) is 2.15. The normalized spacial score (nSPS) is 12.6. The molecule has 3 nitrogen and oxygen atoms in total. The molecule has 1 unspecified atom stereocenters. The molecule has 0 saturated carbocycles.